The van der Waals surface area contributed by atoms with Crippen LogP contribution in [0.3, 0.4) is 0 Å². The van der Waals surface area contributed by atoms with Crippen LogP contribution < -0.4 is 5.32 Å². The van der Waals surface area contributed by atoms with Crippen molar-refractivity contribution in [3.8, 4) is 0 Å². The van der Waals surface area contributed by atoms with Crippen LogP contribution in [0.4, 0.5) is 0 Å². The van der Waals surface area contributed by atoms with Gasteiger partial charge in [0, 0.05) is 13.2 Å². The molecule has 0 spiro atoms. The highest BCUT2D eigenvalue weighted by Gasteiger charge is 2.35. The molecule has 0 aliphatic heterocycles. The molecule has 0 bridgehead atoms. The zero-order valence-corrected chi connectivity index (χ0v) is 11.6. The SMILES string of the molecule is CCC(CCO)CNC(=O)[C@@H]1CCCC[C@@H]1C(=O)O. The zero-order chi connectivity index (χ0) is 14.3. The number of carbonyl (C=O) groups is 2. The monoisotopic (exact) mass is 271 g/mol. The number of aliphatic hydroxyl groups excluding tert-OH is 1. The van der Waals surface area contributed by atoms with Gasteiger partial charge < -0.3 is 15.5 Å². The van der Waals surface area contributed by atoms with Crippen molar-refractivity contribution in [3.05, 3.63) is 0 Å². The Morgan fingerprint density at radius 3 is 2.42 bits per heavy atom. The molecule has 19 heavy (non-hydrogen) atoms. The van der Waals surface area contributed by atoms with E-state index in [-0.39, 0.29) is 18.4 Å². The summed E-state index contributed by atoms with van der Waals surface area (Å²) in [5.74, 6) is -1.66. The first-order chi connectivity index (χ1) is 9.10. The van der Waals surface area contributed by atoms with Crippen LogP contribution in [0.2, 0.25) is 0 Å². The van der Waals surface area contributed by atoms with Crippen LogP contribution in [0.15, 0.2) is 0 Å². The summed E-state index contributed by atoms with van der Waals surface area (Å²) in [4.78, 5) is 23.3. The molecule has 3 N–H and O–H groups in total. The van der Waals surface area contributed by atoms with Crippen LogP contribution in [-0.2, 0) is 9.59 Å². The number of carbonyl (C=O) groups excluding carboxylic acids is 1. The van der Waals surface area contributed by atoms with Crippen molar-refractivity contribution in [1.82, 2.24) is 5.32 Å². The van der Waals surface area contributed by atoms with Crippen molar-refractivity contribution in [3.63, 3.8) is 0 Å². The molecule has 3 atom stereocenters. The summed E-state index contributed by atoms with van der Waals surface area (Å²) in [6.45, 7) is 2.67. The zero-order valence-electron chi connectivity index (χ0n) is 11.6. The van der Waals surface area contributed by atoms with E-state index >= 15 is 0 Å². The second kappa shape index (κ2) is 8.15. The predicted octanol–water partition coefficient (Wildman–Crippen LogP) is 1.40. The number of hydrogen-bond donors (Lipinski definition) is 3. The lowest BCUT2D eigenvalue weighted by atomic mass is 9.78. The van der Waals surface area contributed by atoms with Crippen molar-refractivity contribution in [2.24, 2.45) is 17.8 Å². The summed E-state index contributed by atoms with van der Waals surface area (Å²) in [5.41, 5.74) is 0. The van der Waals surface area contributed by atoms with Crippen molar-refractivity contribution in [2.45, 2.75) is 45.4 Å². The fourth-order valence-electron chi connectivity index (χ4n) is 2.75. The Hall–Kier alpha value is -1.10. The van der Waals surface area contributed by atoms with E-state index < -0.39 is 17.8 Å². The van der Waals surface area contributed by atoms with E-state index in [0.717, 1.165) is 19.3 Å². The van der Waals surface area contributed by atoms with Crippen molar-refractivity contribution < 1.29 is 19.8 Å². The van der Waals surface area contributed by atoms with Crippen LogP contribution in [0.5, 0.6) is 0 Å². The molecular weight excluding hydrogens is 246 g/mol. The third-order valence-electron chi connectivity index (χ3n) is 4.10. The van der Waals surface area contributed by atoms with Crippen molar-refractivity contribution in [2.75, 3.05) is 13.2 Å². The maximum atomic E-state index is 12.1. The average molecular weight is 271 g/mol. The number of nitrogens with one attached hydrogen (secondary N) is 1. The van der Waals surface area contributed by atoms with E-state index in [1.54, 1.807) is 0 Å². The Kier molecular flexibility index (Phi) is 6.84. The van der Waals surface area contributed by atoms with E-state index in [2.05, 4.69) is 5.32 Å². The number of aliphatic carboxylic acids is 1. The van der Waals surface area contributed by atoms with Crippen molar-refractivity contribution >= 4 is 11.9 Å². The Labute approximate surface area is 114 Å². The van der Waals surface area contributed by atoms with Crippen LogP contribution in [0.25, 0.3) is 0 Å². The standard InChI is InChI=1S/C14H25NO4/c1-2-10(7-8-16)9-15-13(17)11-5-3-4-6-12(11)14(18)19/h10-12,16H,2-9H2,1H3,(H,15,17)(H,18,19)/t10?,11-,12+/m1/s1. The first-order valence-corrected chi connectivity index (χ1v) is 7.21. The largest absolute Gasteiger partial charge is 0.481 e. The highest BCUT2D eigenvalue weighted by molar-refractivity contribution is 5.84. The van der Waals surface area contributed by atoms with E-state index in [4.69, 9.17) is 10.2 Å². The van der Waals surface area contributed by atoms with E-state index in [1.807, 2.05) is 6.92 Å². The molecule has 0 aromatic heterocycles. The molecule has 1 unspecified atom stereocenters. The second-order valence-corrected chi connectivity index (χ2v) is 5.37. The maximum Gasteiger partial charge on any atom is 0.307 e. The summed E-state index contributed by atoms with van der Waals surface area (Å²) < 4.78 is 0. The number of rotatable bonds is 7. The molecule has 110 valence electrons. The van der Waals surface area contributed by atoms with Crippen LogP contribution in [-0.4, -0.2) is 35.2 Å². The Morgan fingerprint density at radius 1 is 1.26 bits per heavy atom. The van der Waals surface area contributed by atoms with Gasteiger partial charge >= 0.3 is 5.97 Å². The Bertz CT molecular complexity index is 306. The van der Waals surface area contributed by atoms with Gasteiger partial charge in [0.2, 0.25) is 5.91 Å². The molecule has 0 heterocycles. The van der Waals surface area contributed by atoms with Gasteiger partial charge in [-0.05, 0) is 25.2 Å². The summed E-state index contributed by atoms with van der Waals surface area (Å²) in [5, 5.41) is 20.9. The predicted molar refractivity (Wildman–Crippen MR) is 71.6 cm³/mol. The first-order valence-electron chi connectivity index (χ1n) is 7.21. The number of amides is 1. The normalized spacial score (nSPS) is 24.7. The van der Waals surface area contributed by atoms with Crippen LogP contribution in [0, 0.1) is 17.8 Å². The summed E-state index contributed by atoms with van der Waals surface area (Å²) in [6.07, 6.45) is 4.65. The van der Waals surface area contributed by atoms with E-state index in [1.165, 1.54) is 0 Å². The number of hydrogen-bond acceptors (Lipinski definition) is 3. The van der Waals surface area contributed by atoms with Gasteiger partial charge in [0.1, 0.15) is 0 Å². The van der Waals surface area contributed by atoms with Gasteiger partial charge in [-0.3, -0.25) is 9.59 Å². The fourth-order valence-corrected chi connectivity index (χ4v) is 2.75. The van der Waals surface area contributed by atoms with Gasteiger partial charge in [0.15, 0.2) is 0 Å². The van der Waals surface area contributed by atoms with Crippen LogP contribution in [0.1, 0.15) is 45.4 Å². The first kappa shape index (κ1) is 16.0. The molecule has 1 saturated carbocycles. The van der Waals surface area contributed by atoms with Gasteiger partial charge in [-0.15, -0.1) is 0 Å². The van der Waals surface area contributed by atoms with Crippen LogP contribution >= 0.6 is 0 Å². The van der Waals surface area contributed by atoms with Gasteiger partial charge in [-0.2, -0.15) is 0 Å². The molecule has 5 heteroatoms. The molecular formula is C14H25NO4. The summed E-state index contributed by atoms with van der Waals surface area (Å²) in [6, 6.07) is 0. The number of carboxylic acids is 1. The molecule has 1 amide bonds. The number of aliphatic hydroxyl groups is 1. The minimum absolute atomic E-state index is 0.121. The van der Waals surface area contributed by atoms with Gasteiger partial charge in [-0.1, -0.05) is 26.2 Å². The summed E-state index contributed by atoms with van der Waals surface area (Å²) in [7, 11) is 0. The van der Waals surface area contributed by atoms with E-state index in [9.17, 15) is 9.59 Å². The highest BCUT2D eigenvalue weighted by atomic mass is 16.4. The third kappa shape index (κ3) is 4.82. The van der Waals surface area contributed by atoms with Gasteiger partial charge in [0.05, 0.1) is 11.8 Å². The summed E-state index contributed by atoms with van der Waals surface area (Å²) >= 11 is 0. The van der Waals surface area contributed by atoms with Gasteiger partial charge in [0.25, 0.3) is 0 Å². The second-order valence-electron chi connectivity index (χ2n) is 5.37. The topological polar surface area (TPSA) is 86.6 Å². The smallest absolute Gasteiger partial charge is 0.307 e. The lowest BCUT2D eigenvalue weighted by Gasteiger charge is -2.28. The maximum absolute atomic E-state index is 12.1. The quantitative estimate of drug-likeness (QED) is 0.653. The molecule has 0 aromatic carbocycles. The molecule has 1 fully saturated rings. The molecule has 5 nitrogen and oxygen atoms in total. The molecule has 1 aliphatic rings. The molecule has 0 aromatic rings. The molecule has 0 radical (unpaired) electrons. The molecule has 1 aliphatic carbocycles. The highest BCUT2D eigenvalue weighted by Crippen LogP contribution is 2.30. The fraction of sp³-hybridized carbons (Fsp3) is 0.857. The minimum Gasteiger partial charge on any atom is -0.481 e. The van der Waals surface area contributed by atoms with E-state index in [0.29, 0.717) is 25.8 Å². The third-order valence-corrected chi connectivity index (χ3v) is 4.10. The lowest BCUT2D eigenvalue weighted by Crippen LogP contribution is -2.41. The lowest BCUT2D eigenvalue weighted by molar-refractivity contribution is -0.148. The number of carboxylic acid groups (broad SMARTS) is 1. The molecule has 1 rings (SSSR count). The average Bonchev–Trinajstić information content (AvgIpc) is 2.43. The van der Waals surface area contributed by atoms with Crippen molar-refractivity contribution in [1.29, 1.82) is 0 Å². The molecule has 0 saturated heterocycles. The Morgan fingerprint density at radius 2 is 1.89 bits per heavy atom. The Balaban J connectivity index is 2.48. The minimum atomic E-state index is -0.859. The van der Waals surface area contributed by atoms with Gasteiger partial charge in [-0.25, -0.2) is 0 Å².